The molecule has 0 aliphatic heterocycles. The summed E-state index contributed by atoms with van der Waals surface area (Å²) < 4.78 is 0. The molecule has 2 aromatic rings. The van der Waals surface area contributed by atoms with Gasteiger partial charge < -0.3 is 15.4 Å². The van der Waals surface area contributed by atoms with E-state index in [9.17, 15) is 4.79 Å². The summed E-state index contributed by atoms with van der Waals surface area (Å²) >= 11 is 0. The number of nitriles is 1. The predicted octanol–water partition coefficient (Wildman–Crippen LogP) is 0.931. The standard InChI is InChI=1S/C10H8N4O2/c11-4-6-1-2-7-8(3-6)14-10(13-7)12-5-9(15)16/h1-3H,5H2,(H,15,16)(H2,12,13,14). The van der Waals surface area contributed by atoms with Crippen molar-refractivity contribution in [2.75, 3.05) is 11.9 Å². The Bertz CT molecular complexity index is 582. The topological polar surface area (TPSA) is 102 Å². The number of carboxylic acid groups (broad SMARTS) is 1. The molecule has 3 N–H and O–H groups in total. The number of aliphatic carboxylic acids is 1. The molecule has 0 unspecified atom stereocenters. The number of H-pyrrole nitrogens is 1. The third kappa shape index (κ3) is 1.93. The highest BCUT2D eigenvalue weighted by molar-refractivity contribution is 5.80. The molecule has 0 atom stereocenters. The van der Waals surface area contributed by atoms with E-state index >= 15 is 0 Å². The first kappa shape index (κ1) is 9.98. The molecule has 0 bridgehead atoms. The van der Waals surface area contributed by atoms with Crippen LogP contribution in [0.1, 0.15) is 5.56 Å². The van der Waals surface area contributed by atoms with Crippen LogP contribution in [0.5, 0.6) is 0 Å². The Morgan fingerprint density at radius 2 is 2.44 bits per heavy atom. The van der Waals surface area contributed by atoms with Gasteiger partial charge in [-0.3, -0.25) is 4.79 Å². The van der Waals surface area contributed by atoms with E-state index in [0.717, 1.165) is 0 Å². The number of carbonyl (C=O) groups is 1. The molecular weight excluding hydrogens is 208 g/mol. The number of aromatic amines is 1. The van der Waals surface area contributed by atoms with Crippen LogP contribution in [0, 0.1) is 11.3 Å². The molecule has 0 saturated heterocycles. The molecule has 0 aliphatic carbocycles. The van der Waals surface area contributed by atoms with Gasteiger partial charge in [-0.15, -0.1) is 0 Å². The highest BCUT2D eigenvalue weighted by atomic mass is 16.4. The van der Waals surface area contributed by atoms with Gasteiger partial charge in [-0.25, -0.2) is 4.98 Å². The maximum absolute atomic E-state index is 10.3. The number of benzene rings is 1. The van der Waals surface area contributed by atoms with Crippen LogP contribution in [0.15, 0.2) is 18.2 Å². The highest BCUT2D eigenvalue weighted by Gasteiger charge is 2.04. The number of aromatic nitrogens is 2. The highest BCUT2D eigenvalue weighted by Crippen LogP contribution is 2.15. The van der Waals surface area contributed by atoms with Gasteiger partial charge in [0.1, 0.15) is 6.54 Å². The SMILES string of the molecule is N#Cc1ccc2nc(NCC(=O)O)[nH]c2c1. The lowest BCUT2D eigenvalue weighted by Crippen LogP contribution is -2.12. The molecule has 0 fully saturated rings. The zero-order chi connectivity index (χ0) is 11.5. The fraction of sp³-hybridized carbons (Fsp3) is 0.100. The van der Waals surface area contributed by atoms with Crippen molar-refractivity contribution in [1.82, 2.24) is 9.97 Å². The summed E-state index contributed by atoms with van der Waals surface area (Å²) in [6.07, 6.45) is 0. The van der Waals surface area contributed by atoms with Crippen molar-refractivity contribution in [3.63, 3.8) is 0 Å². The van der Waals surface area contributed by atoms with Crippen LogP contribution in [0.2, 0.25) is 0 Å². The third-order valence-corrected chi connectivity index (χ3v) is 2.02. The Labute approximate surface area is 90.5 Å². The van der Waals surface area contributed by atoms with Crippen molar-refractivity contribution < 1.29 is 9.90 Å². The Morgan fingerprint density at radius 3 is 3.12 bits per heavy atom. The third-order valence-electron chi connectivity index (χ3n) is 2.02. The van der Waals surface area contributed by atoms with E-state index in [1.54, 1.807) is 18.2 Å². The molecule has 6 heteroatoms. The summed E-state index contributed by atoms with van der Waals surface area (Å²) in [5, 5.41) is 19.8. The van der Waals surface area contributed by atoms with Crippen LogP contribution in [-0.2, 0) is 4.79 Å². The van der Waals surface area contributed by atoms with Crippen LogP contribution < -0.4 is 5.32 Å². The van der Waals surface area contributed by atoms with Gasteiger partial charge in [0.25, 0.3) is 0 Å². The lowest BCUT2D eigenvalue weighted by atomic mass is 10.2. The second-order valence-corrected chi connectivity index (χ2v) is 3.18. The lowest BCUT2D eigenvalue weighted by Gasteiger charge is -1.95. The summed E-state index contributed by atoms with van der Waals surface area (Å²) in [5.41, 5.74) is 1.92. The van der Waals surface area contributed by atoms with Crippen molar-refractivity contribution in [1.29, 1.82) is 5.26 Å². The molecule has 80 valence electrons. The van der Waals surface area contributed by atoms with Crippen molar-refractivity contribution >= 4 is 23.0 Å². The van der Waals surface area contributed by atoms with Gasteiger partial charge in [0, 0.05) is 0 Å². The van der Waals surface area contributed by atoms with Crippen molar-refractivity contribution in [3.05, 3.63) is 23.8 Å². The molecule has 6 nitrogen and oxygen atoms in total. The van der Waals surface area contributed by atoms with E-state index < -0.39 is 5.97 Å². The van der Waals surface area contributed by atoms with Gasteiger partial charge in [-0.1, -0.05) is 0 Å². The first-order valence-electron chi connectivity index (χ1n) is 4.54. The smallest absolute Gasteiger partial charge is 0.322 e. The summed E-state index contributed by atoms with van der Waals surface area (Å²) in [4.78, 5) is 17.4. The Kier molecular flexibility index (Phi) is 2.44. The maximum atomic E-state index is 10.3. The van der Waals surface area contributed by atoms with E-state index in [2.05, 4.69) is 15.3 Å². The second kappa shape index (κ2) is 3.90. The van der Waals surface area contributed by atoms with Gasteiger partial charge >= 0.3 is 5.97 Å². The molecule has 0 amide bonds. The molecule has 0 spiro atoms. The number of rotatable bonds is 3. The molecule has 0 radical (unpaired) electrons. The maximum Gasteiger partial charge on any atom is 0.322 e. The van der Waals surface area contributed by atoms with Crippen molar-refractivity contribution in [2.24, 2.45) is 0 Å². The minimum Gasteiger partial charge on any atom is -0.480 e. The first-order chi connectivity index (χ1) is 7.69. The average molecular weight is 216 g/mol. The fourth-order valence-electron chi connectivity index (χ4n) is 1.32. The van der Waals surface area contributed by atoms with Crippen LogP contribution >= 0.6 is 0 Å². The van der Waals surface area contributed by atoms with Gasteiger partial charge in [-0.05, 0) is 18.2 Å². The summed E-state index contributed by atoms with van der Waals surface area (Å²) in [7, 11) is 0. The van der Waals surface area contributed by atoms with Gasteiger partial charge in [0.15, 0.2) is 0 Å². The van der Waals surface area contributed by atoms with Crippen molar-refractivity contribution in [2.45, 2.75) is 0 Å². The zero-order valence-electron chi connectivity index (χ0n) is 8.19. The number of hydrogen-bond donors (Lipinski definition) is 3. The number of hydrogen-bond acceptors (Lipinski definition) is 4. The Balaban J connectivity index is 2.30. The van der Waals surface area contributed by atoms with Gasteiger partial charge in [0.05, 0.1) is 22.7 Å². The second-order valence-electron chi connectivity index (χ2n) is 3.18. The molecule has 2 rings (SSSR count). The molecule has 1 heterocycles. The van der Waals surface area contributed by atoms with Crippen LogP contribution in [0.25, 0.3) is 11.0 Å². The number of nitrogens with zero attached hydrogens (tertiary/aromatic N) is 2. The fourth-order valence-corrected chi connectivity index (χ4v) is 1.32. The molecule has 1 aromatic heterocycles. The summed E-state index contributed by atoms with van der Waals surface area (Å²) in [5.74, 6) is -0.578. The lowest BCUT2D eigenvalue weighted by molar-refractivity contribution is -0.134. The first-order valence-corrected chi connectivity index (χ1v) is 4.54. The van der Waals surface area contributed by atoms with E-state index in [1.165, 1.54) is 0 Å². The van der Waals surface area contributed by atoms with Gasteiger partial charge in [0.2, 0.25) is 5.95 Å². The monoisotopic (exact) mass is 216 g/mol. The van der Waals surface area contributed by atoms with E-state index in [1.807, 2.05) is 6.07 Å². The van der Waals surface area contributed by atoms with Gasteiger partial charge in [-0.2, -0.15) is 5.26 Å². The van der Waals surface area contributed by atoms with Crippen molar-refractivity contribution in [3.8, 4) is 6.07 Å². The van der Waals surface area contributed by atoms with Crippen LogP contribution in [0.4, 0.5) is 5.95 Å². The zero-order valence-corrected chi connectivity index (χ0v) is 8.19. The number of nitrogens with one attached hydrogen (secondary N) is 2. The minimum absolute atomic E-state index is 0.203. The molecule has 1 aromatic carbocycles. The molecule has 16 heavy (non-hydrogen) atoms. The Hall–Kier alpha value is -2.55. The van der Waals surface area contributed by atoms with E-state index in [0.29, 0.717) is 22.5 Å². The molecule has 0 saturated carbocycles. The molecular formula is C10H8N4O2. The van der Waals surface area contributed by atoms with Crippen LogP contribution in [0.3, 0.4) is 0 Å². The average Bonchev–Trinajstić information content (AvgIpc) is 2.67. The number of imidazole rings is 1. The summed E-state index contributed by atoms with van der Waals surface area (Å²) in [6.45, 7) is -0.203. The number of fused-ring (bicyclic) bond motifs is 1. The Morgan fingerprint density at radius 1 is 1.62 bits per heavy atom. The molecule has 0 aliphatic rings. The summed E-state index contributed by atoms with van der Waals surface area (Å²) in [6, 6.07) is 7.04. The normalized spacial score (nSPS) is 9.94. The number of carboxylic acids is 1. The minimum atomic E-state index is -0.960. The van der Waals surface area contributed by atoms with E-state index in [-0.39, 0.29) is 6.54 Å². The quantitative estimate of drug-likeness (QED) is 0.708. The van der Waals surface area contributed by atoms with E-state index in [4.69, 9.17) is 10.4 Å². The van der Waals surface area contributed by atoms with Crippen LogP contribution in [-0.4, -0.2) is 27.6 Å². The predicted molar refractivity (Wildman–Crippen MR) is 56.9 cm³/mol. The largest absolute Gasteiger partial charge is 0.480 e. The number of anilines is 1.